The van der Waals surface area contributed by atoms with Crippen LogP contribution < -0.4 is 11.5 Å². The van der Waals surface area contributed by atoms with Gasteiger partial charge in [0.1, 0.15) is 16.6 Å². The summed E-state index contributed by atoms with van der Waals surface area (Å²) in [4.78, 5) is 18.1. The second-order valence-electron chi connectivity index (χ2n) is 7.21. The Morgan fingerprint density at radius 2 is 1.09 bits per heavy atom. The van der Waals surface area contributed by atoms with Gasteiger partial charge in [0.05, 0.1) is 39.0 Å². The van der Waals surface area contributed by atoms with Crippen molar-refractivity contribution in [1.29, 1.82) is 0 Å². The summed E-state index contributed by atoms with van der Waals surface area (Å²) in [6.45, 7) is 0. The number of aromatic nitrogens is 4. The Labute approximate surface area is 224 Å². The van der Waals surface area contributed by atoms with Gasteiger partial charge in [0, 0.05) is 8.95 Å². The first-order valence-electron chi connectivity index (χ1n) is 10.2. The Balaban J connectivity index is 0.000000150. The van der Waals surface area contributed by atoms with Gasteiger partial charge in [-0.15, -0.1) is 0 Å². The van der Waals surface area contributed by atoms with Crippen LogP contribution in [0.1, 0.15) is 0 Å². The van der Waals surface area contributed by atoms with Gasteiger partial charge in [-0.2, -0.15) is 0 Å². The molecule has 0 atom stereocenters. The fraction of sp³-hybridized carbons (Fsp3) is 0. The third kappa shape index (κ3) is 5.42. The number of nitrogens with zero attached hydrogens (tertiary/aromatic N) is 5. The van der Waals surface area contributed by atoms with Crippen molar-refractivity contribution in [2.75, 3.05) is 11.5 Å². The van der Waals surface area contributed by atoms with Crippen LogP contribution in [0.15, 0.2) is 86.0 Å². The molecule has 0 fully saturated rings. The molecule has 2 aromatic heterocycles. The Bertz CT molecular complexity index is 1700. The van der Waals surface area contributed by atoms with E-state index in [1.165, 1.54) is 0 Å². The molecule has 4 aromatic carbocycles. The van der Waals surface area contributed by atoms with Crippen LogP contribution in [0.4, 0.5) is 11.4 Å². The van der Waals surface area contributed by atoms with Crippen LogP contribution in [0.25, 0.3) is 44.1 Å². The number of rotatable bonds is 0. The quantitative estimate of drug-likeness (QED) is 0.0794. The van der Waals surface area contributed by atoms with E-state index in [1.54, 1.807) is 0 Å². The number of nitrogen functional groups attached to an aromatic ring is 2. The summed E-state index contributed by atoms with van der Waals surface area (Å²) < 4.78 is 4.40. The molecular weight excluding hydrogens is 589 g/mol. The number of thiol groups is 1. The number of benzene rings is 4. The van der Waals surface area contributed by atoms with Crippen molar-refractivity contribution in [3.05, 3.63) is 81.7 Å². The molecule has 6 rings (SSSR count). The zero-order chi connectivity index (χ0) is 24.9. The molecule has 0 aliphatic heterocycles. The molecule has 0 aliphatic carbocycles. The van der Waals surface area contributed by atoms with Crippen LogP contribution in [-0.2, 0) is 0 Å². The second kappa shape index (κ2) is 11.1. The Kier molecular flexibility index (Phi) is 7.89. The van der Waals surface area contributed by atoms with E-state index in [0.717, 1.165) is 47.6 Å². The molecular formula is C24H17BBr2N7S. The first-order valence-corrected chi connectivity index (χ1v) is 12.2. The van der Waals surface area contributed by atoms with E-state index in [1.807, 2.05) is 72.8 Å². The average molecular weight is 606 g/mol. The minimum atomic E-state index is 0.612. The number of para-hydroxylation sites is 5. The van der Waals surface area contributed by atoms with Gasteiger partial charge in [-0.05, 0) is 74.3 Å². The molecule has 0 unspecified atom stereocenters. The number of hydrogen-bond acceptors (Lipinski definition) is 8. The molecule has 0 aliphatic rings. The molecule has 6 aromatic rings. The molecule has 2 heterocycles. The van der Waals surface area contributed by atoms with E-state index in [-0.39, 0.29) is 0 Å². The molecule has 7 nitrogen and oxygen atoms in total. The summed E-state index contributed by atoms with van der Waals surface area (Å²) in [5.74, 6) is 0. The molecule has 0 amide bonds. The summed E-state index contributed by atoms with van der Waals surface area (Å²) in [6, 6.07) is 23.1. The number of halogens is 2. The van der Waals surface area contributed by atoms with E-state index >= 15 is 0 Å². The first kappa shape index (κ1) is 25.0. The van der Waals surface area contributed by atoms with Crippen LogP contribution >= 0.6 is 44.7 Å². The van der Waals surface area contributed by atoms with Gasteiger partial charge in [0.2, 0.25) is 0 Å². The normalized spacial score (nSPS) is 10.5. The third-order valence-electron chi connectivity index (χ3n) is 4.96. The zero-order valence-corrected chi connectivity index (χ0v) is 22.2. The molecule has 4 N–H and O–H groups in total. The number of nitrogens with two attached hydrogens (primary N) is 2. The van der Waals surface area contributed by atoms with Gasteiger partial charge in [-0.1, -0.05) is 30.3 Å². The second-order valence-corrected chi connectivity index (χ2v) is 9.15. The van der Waals surface area contributed by atoms with Gasteiger partial charge in [0.25, 0.3) is 0 Å². The summed E-state index contributed by atoms with van der Waals surface area (Å²) in [7, 11) is 4.34. The van der Waals surface area contributed by atoms with Gasteiger partial charge < -0.3 is 11.5 Å². The molecule has 0 spiro atoms. The minimum absolute atomic E-state index is 0.612. The van der Waals surface area contributed by atoms with Crippen molar-refractivity contribution in [3.63, 3.8) is 0 Å². The Morgan fingerprint density at radius 1 is 0.629 bits per heavy atom. The summed E-state index contributed by atoms with van der Waals surface area (Å²) >= 11 is 10.1. The molecule has 11 heteroatoms. The van der Waals surface area contributed by atoms with Crippen molar-refractivity contribution in [1.82, 2.24) is 19.9 Å². The standard InChI is InChI=1S/C12H7Br2N3.C12H9N3.BHNS/c13-6-5-7(14)11-12(10(6)15)17-9-4-2-1-3-8(9)16-11;13-8-4-3-7-11-12(8)15-10-6-2-1-5-9(10)14-11;1-2-3/h1-5H,15H2;1-7H,13H2;3H. The number of hydrogen-bond donors (Lipinski definition) is 3. The summed E-state index contributed by atoms with van der Waals surface area (Å²) in [5, 5.41) is 0. The third-order valence-corrected chi connectivity index (χ3v) is 6.22. The Morgan fingerprint density at radius 3 is 1.66 bits per heavy atom. The van der Waals surface area contributed by atoms with Crippen LogP contribution in [-0.4, -0.2) is 27.6 Å². The Hall–Kier alpha value is -3.15. The summed E-state index contributed by atoms with van der Waals surface area (Å²) in [6.07, 6.45) is 0. The molecule has 0 saturated heterocycles. The van der Waals surface area contributed by atoms with Crippen molar-refractivity contribution in [2.24, 2.45) is 4.30 Å². The molecule has 1 radical (unpaired) electrons. The average Bonchev–Trinajstić information content (AvgIpc) is 2.87. The molecule has 171 valence electrons. The van der Waals surface area contributed by atoms with Crippen molar-refractivity contribution < 1.29 is 0 Å². The van der Waals surface area contributed by atoms with Crippen molar-refractivity contribution in [3.8, 4) is 0 Å². The van der Waals surface area contributed by atoms with Crippen molar-refractivity contribution in [2.45, 2.75) is 0 Å². The van der Waals surface area contributed by atoms with Gasteiger partial charge in [-0.3, -0.25) is 0 Å². The molecule has 0 bridgehead atoms. The van der Waals surface area contributed by atoms with Gasteiger partial charge >= 0.3 is 24.8 Å². The van der Waals surface area contributed by atoms with E-state index in [2.05, 4.69) is 76.5 Å². The predicted molar refractivity (Wildman–Crippen MR) is 155 cm³/mol. The topological polar surface area (TPSA) is 116 Å². The van der Waals surface area contributed by atoms with E-state index < -0.39 is 0 Å². The fourth-order valence-electron chi connectivity index (χ4n) is 3.39. The molecule has 0 saturated carbocycles. The maximum atomic E-state index is 6.01. The van der Waals surface area contributed by atoms with Crippen LogP contribution in [0.3, 0.4) is 0 Å². The molecule has 35 heavy (non-hydrogen) atoms. The van der Waals surface area contributed by atoms with E-state index in [0.29, 0.717) is 16.9 Å². The van der Waals surface area contributed by atoms with Crippen molar-refractivity contribution >= 4 is 108 Å². The predicted octanol–water partition coefficient (Wildman–Crippen LogP) is 6.44. The number of fused-ring (bicyclic) bond motifs is 4. The SMILES string of the molecule is Nc1c(Br)cc(Br)c2nc3ccccc3nc12.Nc1cccc2nc3ccccc3nc12.[B]=NS. The monoisotopic (exact) mass is 604 g/mol. The van der Waals surface area contributed by atoms with Gasteiger partial charge in [0.15, 0.2) is 0 Å². The van der Waals surface area contributed by atoms with E-state index in [9.17, 15) is 0 Å². The van der Waals surface area contributed by atoms with Crippen LogP contribution in [0.2, 0.25) is 0 Å². The first-order chi connectivity index (χ1) is 16.9. The fourth-order valence-corrected chi connectivity index (χ4v) is 4.62. The van der Waals surface area contributed by atoms with Gasteiger partial charge in [-0.25, -0.2) is 19.9 Å². The zero-order valence-electron chi connectivity index (χ0n) is 18.1. The van der Waals surface area contributed by atoms with E-state index in [4.69, 9.17) is 11.5 Å². The number of anilines is 2. The summed E-state index contributed by atoms with van der Waals surface area (Å²) in [5.41, 5.74) is 19.7. The maximum absolute atomic E-state index is 6.01. The van der Waals surface area contributed by atoms with Crippen LogP contribution in [0.5, 0.6) is 0 Å². The van der Waals surface area contributed by atoms with Crippen LogP contribution in [0, 0.1) is 0 Å².